The number of hydrogen-bond donors (Lipinski definition) is 2. The Morgan fingerprint density at radius 3 is 3.12 bits per heavy atom. The van der Waals surface area contributed by atoms with Gasteiger partial charge in [-0.25, -0.2) is 0 Å². The number of anilines is 1. The number of nitrogens with one attached hydrogen (secondary N) is 1. The summed E-state index contributed by atoms with van der Waals surface area (Å²) in [6.07, 6.45) is 2.75. The lowest BCUT2D eigenvalue weighted by Crippen LogP contribution is -2.11. The molecule has 1 aromatic carbocycles. The van der Waals surface area contributed by atoms with Gasteiger partial charge in [-0.2, -0.15) is 0 Å². The fourth-order valence-corrected chi connectivity index (χ4v) is 1.89. The molecule has 0 aromatic heterocycles. The second-order valence-electron chi connectivity index (χ2n) is 4.15. The zero-order valence-electron chi connectivity index (χ0n) is 9.74. The van der Waals surface area contributed by atoms with Gasteiger partial charge in [0.2, 0.25) is 5.91 Å². The van der Waals surface area contributed by atoms with E-state index < -0.39 is 0 Å². The first-order chi connectivity index (χ1) is 8.29. The molecule has 0 saturated carbocycles. The molecule has 1 aromatic rings. The zero-order chi connectivity index (χ0) is 12.1. The number of benzene rings is 1. The highest BCUT2D eigenvalue weighted by molar-refractivity contribution is 5.90. The summed E-state index contributed by atoms with van der Waals surface area (Å²) in [5.74, 6) is 0.917. The molecule has 0 aliphatic carbocycles. The Hall–Kier alpha value is -1.55. The van der Waals surface area contributed by atoms with Crippen molar-refractivity contribution in [3.63, 3.8) is 0 Å². The van der Waals surface area contributed by atoms with E-state index in [1.165, 1.54) is 0 Å². The predicted molar refractivity (Wildman–Crippen MR) is 65.2 cm³/mol. The summed E-state index contributed by atoms with van der Waals surface area (Å²) in [5, 5.41) is 11.5. The molecule has 0 bridgehead atoms. The van der Waals surface area contributed by atoms with E-state index in [0.29, 0.717) is 12.8 Å². The number of aliphatic hydroxyl groups is 1. The van der Waals surface area contributed by atoms with Gasteiger partial charge < -0.3 is 15.2 Å². The predicted octanol–water partition coefficient (Wildman–Crippen LogP) is 1.72. The molecule has 2 rings (SSSR count). The summed E-state index contributed by atoms with van der Waals surface area (Å²) < 4.78 is 5.40. The molecule has 1 heterocycles. The summed E-state index contributed by atoms with van der Waals surface area (Å²) in [4.78, 5) is 11.6. The van der Waals surface area contributed by atoms with Gasteiger partial charge in [0, 0.05) is 25.1 Å². The number of aliphatic hydroxyl groups excluding tert-OH is 1. The summed E-state index contributed by atoms with van der Waals surface area (Å²) in [7, 11) is 0. The van der Waals surface area contributed by atoms with E-state index in [4.69, 9.17) is 9.84 Å². The Labute approximate surface area is 101 Å². The maximum atomic E-state index is 11.6. The standard InChI is InChI=1S/C13H17NO3/c15-7-2-1-3-13(16)14-11-4-5-12-10(9-11)6-8-17-12/h4-5,9,15H,1-3,6-8H2,(H,14,16). The van der Waals surface area contributed by atoms with Crippen molar-refractivity contribution in [3.8, 4) is 5.75 Å². The van der Waals surface area contributed by atoms with Crippen LogP contribution in [0, 0.1) is 0 Å². The molecule has 4 heteroatoms. The van der Waals surface area contributed by atoms with Crippen LogP contribution in [-0.4, -0.2) is 24.2 Å². The Morgan fingerprint density at radius 1 is 1.41 bits per heavy atom. The molecule has 0 atom stereocenters. The summed E-state index contributed by atoms with van der Waals surface area (Å²) in [5.41, 5.74) is 1.97. The number of unbranched alkanes of at least 4 members (excludes halogenated alkanes) is 1. The Kier molecular flexibility index (Phi) is 3.98. The smallest absolute Gasteiger partial charge is 0.224 e. The van der Waals surface area contributed by atoms with Crippen molar-refractivity contribution >= 4 is 11.6 Å². The van der Waals surface area contributed by atoms with Crippen LogP contribution in [0.4, 0.5) is 5.69 Å². The van der Waals surface area contributed by atoms with Crippen molar-refractivity contribution in [1.82, 2.24) is 0 Å². The van der Waals surface area contributed by atoms with Crippen LogP contribution < -0.4 is 10.1 Å². The van der Waals surface area contributed by atoms with Gasteiger partial charge >= 0.3 is 0 Å². The lowest BCUT2D eigenvalue weighted by atomic mass is 10.1. The van der Waals surface area contributed by atoms with Crippen molar-refractivity contribution in [3.05, 3.63) is 23.8 Å². The molecule has 0 saturated heterocycles. The normalized spacial score (nSPS) is 13.0. The molecule has 0 radical (unpaired) electrons. The minimum absolute atomic E-state index is 0.00249. The third kappa shape index (κ3) is 3.20. The minimum Gasteiger partial charge on any atom is -0.493 e. The maximum absolute atomic E-state index is 11.6. The quantitative estimate of drug-likeness (QED) is 0.764. The molecule has 1 aliphatic heterocycles. The van der Waals surface area contributed by atoms with E-state index in [1.807, 2.05) is 18.2 Å². The van der Waals surface area contributed by atoms with E-state index in [9.17, 15) is 4.79 Å². The van der Waals surface area contributed by atoms with Crippen LogP contribution in [0.1, 0.15) is 24.8 Å². The van der Waals surface area contributed by atoms with E-state index in [1.54, 1.807) is 0 Å². The van der Waals surface area contributed by atoms with Crippen LogP contribution in [0.15, 0.2) is 18.2 Å². The van der Waals surface area contributed by atoms with E-state index >= 15 is 0 Å². The number of carbonyl (C=O) groups is 1. The van der Waals surface area contributed by atoms with E-state index in [-0.39, 0.29) is 12.5 Å². The van der Waals surface area contributed by atoms with Gasteiger partial charge in [0.05, 0.1) is 6.61 Å². The molecule has 17 heavy (non-hydrogen) atoms. The molecule has 2 N–H and O–H groups in total. The van der Waals surface area contributed by atoms with Crippen LogP contribution >= 0.6 is 0 Å². The third-order valence-corrected chi connectivity index (χ3v) is 2.79. The SMILES string of the molecule is O=C(CCCCO)Nc1ccc2c(c1)CCO2. The largest absolute Gasteiger partial charge is 0.493 e. The number of fused-ring (bicyclic) bond motifs is 1. The van der Waals surface area contributed by atoms with Crippen LogP contribution in [0.5, 0.6) is 5.75 Å². The van der Waals surface area contributed by atoms with Gasteiger partial charge in [0.1, 0.15) is 5.75 Å². The van der Waals surface area contributed by atoms with Gasteiger partial charge in [-0.1, -0.05) is 0 Å². The first kappa shape index (κ1) is 11.9. The fraction of sp³-hybridized carbons (Fsp3) is 0.462. The summed E-state index contributed by atoms with van der Waals surface area (Å²) in [6.45, 7) is 0.868. The molecule has 1 amide bonds. The van der Waals surface area contributed by atoms with Crippen molar-refractivity contribution in [2.45, 2.75) is 25.7 Å². The fourth-order valence-electron chi connectivity index (χ4n) is 1.89. The highest BCUT2D eigenvalue weighted by Gasteiger charge is 2.12. The van der Waals surface area contributed by atoms with Crippen LogP contribution in [-0.2, 0) is 11.2 Å². The van der Waals surface area contributed by atoms with Crippen LogP contribution in [0.3, 0.4) is 0 Å². The molecule has 0 fully saturated rings. The molecular formula is C13H17NO3. The number of carbonyl (C=O) groups excluding carboxylic acids is 1. The van der Waals surface area contributed by atoms with Gasteiger partial charge in [-0.05, 0) is 36.6 Å². The summed E-state index contributed by atoms with van der Waals surface area (Å²) >= 11 is 0. The second kappa shape index (κ2) is 5.68. The average Bonchev–Trinajstić information content (AvgIpc) is 2.76. The first-order valence-corrected chi connectivity index (χ1v) is 5.96. The monoisotopic (exact) mass is 235 g/mol. The van der Waals surface area contributed by atoms with Gasteiger partial charge in [0.15, 0.2) is 0 Å². The van der Waals surface area contributed by atoms with Crippen molar-refractivity contribution in [1.29, 1.82) is 0 Å². The number of amides is 1. The molecule has 1 aliphatic rings. The first-order valence-electron chi connectivity index (χ1n) is 5.96. The third-order valence-electron chi connectivity index (χ3n) is 2.79. The molecule has 92 valence electrons. The van der Waals surface area contributed by atoms with E-state index in [2.05, 4.69) is 5.32 Å². The molecule has 0 spiro atoms. The van der Waals surface area contributed by atoms with E-state index in [0.717, 1.165) is 36.4 Å². The maximum Gasteiger partial charge on any atom is 0.224 e. The number of ether oxygens (including phenoxy) is 1. The number of rotatable bonds is 5. The summed E-state index contributed by atoms with van der Waals surface area (Å²) in [6, 6.07) is 5.71. The lowest BCUT2D eigenvalue weighted by molar-refractivity contribution is -0.116. The van der Waals surface area contributed by atoms with Gasteiger partial charge in [-0.3, -0.25) is 4.79 Å². The van der Waals surface area contributed by atoms with Crippen LogP contribution in [0.2, 0.25) is 0 Å². The molecular weight excluding hydrogens is 218 g/mol. The highest BCUT2D eigenvalue weighted by Crippen LogP contribution is 2.27. The van der Waals surface area contributed by atoms with Crippen molar-refractivity contribution in [2.75, 3.05) is 18.5 Å². The van der Waals surface area contributed by atoms with Crippen LogP contribution in [0.25, 0.3) is 0 Å². The van der Waals surface area contributed by atoms with Gasteiger partial charge in [-0.15, -0.1) is 0 Å². The Balaban J connectivity index is 1.88. The topological polar surface area (TPSA) is 58.6 Å². The van der Waals surface area contributed by atoms with Gasteiger partial charge in [0.25, 0.3) is 0 Å². The average molecular weight is 235 g/mol. The minimum atomic E-state index is -0.00249. The molecule has 0 unspecified atom stereocenters. The van der Waals surface area contributed by atoms with Crippen molar-refractivity contribution < 1.29 is 14.6 Å². The van der Waals surface area contributed by atoms with Crippen molar-refractivity contribution in [2.24, 2.45) is 0 Å². The lowest BCUT2D eigenvalue weighted by Gasteiger charge is -2.06. The second-order valence-corrected chi connectivity index (χ2v) is 4.15. The Morgan fingerprint density at radius 2 is 2.29 bits per heavy atom. The molecule has 4 nitrogen and oxygen atoms in total. The highest BCUT2D eigenvalue weighted by atomic mass is 16.5. The zero-order valence-corrected chi connectivity index (χ0v) is 9.74. The Bertz CT molecular complexity index is 404. The number of hydrogen-bond acceptors (Lipinski definition) is 3.